The normalized spacial score (nSPS) is 12.9. The lowest BCUT2D eigenvalue weighted by atomic mass is 9.94. The van der Waals surface area contributed by atoms with Crippen LogP contribution in [0.25, 0.3) is 22.0 Å². The second-order valence-corrected chi connectivity index (χ2v) is 6.44. The van der Waals surface area contributed by atoms with Crippen molar-refractivity contribution < 1.29 is 9.53 Å². The molecule has 0 bridgehead atoms. The average molecular weight is 352 g/mol. The van der Waals surface area contributed by atoms with E-state index < -0.39 is 0 Å². The first kappa shape index (κ1) is 15.6. The zero-order chi connectivity index (χ0) is 18.4. The Bertz CT molecular complexity index is 1230. The van der Waals surface area contributed by atoms with E-state index in [9.17, 15) is 4.79 Å². The van der Waals surface area contributed by atoms with Crippen molar-refractivity contribution in [2.45, 2.75) is 0 Å². The van der Waals surface area contributed by atoms with Crippen LogP contribution in [0.3, 0.4) is 0 Å². The molecule has 0 atom stereocenters. The SMILES string of the molecule is COc1cccc2c(-c3ccccc3C3=Nc4ccccc4C3=O)c[nH]c12. The molecule has 1 N–H and O–H groups in total. The van der Waals surface area contributed by atoms with Crippen molar-refractivity contribution in [1.82, 2.24) is 4.98 Å². The molecule has 0 fully saturated rings. The molecule has 1 aliphatic heterocycles. The Balaban J connectivity index is 1.71. The molecule has 4 aromatic rings. The van der Waals surface area contributed by atoms with E-state index in [1.807, 2.05) is 72.9 Å². The number of H-pyrrole nitrogens is 1. The van der Waals surface area contributed by atoms with Gasteiger partial charge in [-0.15, -0.1) is 0 Å². The van der Waals surface area contributed by atoms with E-state index >= 15 is 0 Å². The minimum atomic E-state index is -0.0320. The molecular weight excluding hydrogens is 336 g/mol. The zero-order valence-corrected chi connectivity index (χ0v) is 14.7. The quantitative estimate of drug-likeness (QED) is 0.554. The van der Waals surface area contributed by atoms with Gasteiger partial charge < -0.3 is 9.72 Å². The van der Waals surface area contributed by atoms with Gasteiger partial charge in [-0.05, 0) is 23.8 Å². The van der Waals surface area contributed by atoms with Crippen LogP contribution in [0, 0.1) is 0 Å². The monoisotopic (exact) mass is 352 g/mol. The number of carbonyl (C=O) groups is 1. The van der Waals surface area contributed by atoms with Gasteiger partial charge in [-0.25, -0.2) is 4.99 Å². The molecule has 0 saturated carbocycles. The van der Waals surface area contributed by atoms with Crippen LogP contribution >= 0.6 is 0 Å². The first-order valence-electron chi connectivity index (χ1n) is 8.74. The summed E-state index contributed by atoms with van der Waals surface area (Å²) in [5, 5.41) is 1.05. The Hall–Kier alpha value is -3.66. The molecule has 0 radical (unpaired) electrons. The summed E-state index contributed by atoms with van der Waals surface area (Å²) >= 11 is 0. The van der Waals surface area contributed by atoms with Crippen molar-refractivity contribution >= 4 is 28.1 Å². The van der Waals surface area contributed by atoms with Gasteiger partial charge in [-0.1, -0.05) is 48.5 Å². The number of aliphatic imine (C=N–C) groups is 1. The fourth-order valence-corrected chi connectivity index (χ4v) is 3.69. The number of ketones is 1. The van der Waals surface area contributed by atoms with Crippen molar-refractivity contribution in [2.75, 3.05) is 7.11 Å². The lowest BCUT2D eigenvalue weighted by Gasteiger charge is -2.08. The van der Waals surface area contributed by atoms with E-state index in [2.05, 4.69) is 9.98 Å². The van der Waals surface area contributed by atoms with Crippen LogP contribution in [0.5, 0.6) is 5.75 Å². The molecule has 0 unspecified atom stereocenters. The van der Waals surface area contributed by atoms with E-state index in [4.69, 9.17) is 4.74 Å². The molecule has 0 amide bonds. The number of para-hydroxylation sites is 2. The second kappa shape index (κ2) is 5.95. The van der Waals surface area contributed by atoms with Crippen LogP contribution in [0.1, 0.15) is 15.9 Å². The number of hydrogen-bond acceptors (Lipinski definition) is 3. The number of methoxy groups -OCH3 is 1. The standard InChI is InChI=1S/C23H16N2O2/c1-27-20-12-6-10-16-18(13-24-21(16)20)14-7-2-3-8-15(14)22-23(26)17-9-4-5-11-19(17)25-22/h2-13,24H,1H3. The molecule has 1 aromatic heterocycles. The number of hydrogen-bond donors (Lipinski definition) is 1. The summed E-state index contributed by atoms with van der Waals surface area (Å²) in [6.45, 7) is 0. The van der Waals surface area contributed by atoms with E-state index in [-0.39, 0.29) is 5.78 Å². The maximum atomic E-state index is 12.9. The van der Waals surface area contributed by atoms with Crippen LogP contribution in [0.15, 0.2) is 77.9 Å². The van der Waals surface area contributed by atoms with Gasteiger partial charge in [-0.2, -0.15) is 0 Å². The average Bonchev–Trinajstić information content (AvgIpc) is 3.29. The van der Waals surface area contributed by atoms with Crippen LogP contribution < -0.4 is 4.74 Å². The van der Waals surface area contributed by atoms with E-state index in [0.29, 0.717) is 11.3 Å². The Morgan fingerprint density at radius 1 is 0.815 bits per heavy atom. The Morgan fingerprint density at radius 2 is 1.56 bits per heavy atom. The molecule has 2 heterocycles. The largest absolute Gasteiger partial charge is 0.495 e. The number of fused-ring (bicyclic) bond motifs is 2. The predicted octanol–water partition coefficient (Wildman–Crippen LogP) is 5.16. The summed E-state index contributed by atoms with van der Waals surface area (Å²) in [5.41, 5.74) is 5.64. The van der Waals surface area contributed by atoms with E-state index in [1.165, 1.54) is 0 Å². The van der Waals surface area contributed by atoms with Gasteiger partial charge in [0.25, 0.3) is 0 Å². The van der Waals surface area contributed by atoms with Gasteiger partial charge in [0, 0.05) is 28.3 Å². The number of nitrogens with one attached hydrogen (secondary N) is 1. The second-order valence-electron chi connectivity index (χ2n) is 6.44. The van der Waals surface area contributed by atoms with Crippen molar-refractivity contribution in [3.8, 4) is 16.9 Å². The van der Waals surface area contributed by atoms with Gasteiger partial charge in [0.15, 0.2) is 0 Å². The van der Waals surface area contributed by atoms with Gasteiger partial charge >= 0.3 is 0 Å². The number of aromatic nitrogens is 1. The maximum absolute atomic E-state index is 12.9. The summed E-state index contributed by atoms with van der Waals surface area (Å²) < 4.78 is 5.46. The first-order chi connectivity index (χ1) is 13.3. The molecule has 27 heavy (non-hydrogen) atoms. The van der Waals surface area contributed by atoms with Crippen molar-refractivity contribution in [3.63, 3.8) is 0 Å². The Kier molecular flexibility index (Phi) is 3.44. The fourth-order valence-electron chi connectivity index (χ4n) is 3.69. The van der Waals surface area contributed by atoms with Crippen LogP contribution in [0.4, 0.5) is 5.69 Å². The van der Waals surface area contributed by atoms with Crippen molar-refractivity contribution in [1.29, 1.82) is 0 Å². The van der Waals surface area contributed by atoms with Crippen LogP contribution in [-0.2, 0) is 0 Å². The first-order valence-corrected chi connectivity index (χ1v) is 8.74. The van der Waals surface area contributed by atoms with Crippen LogP contribution in [-0.4, -0.2) is 23.6 Å². The fraction of sp³-hybridized carbons (Fsp3) is 0.0435. The number of carbonyl (C=O) groups excluding carboxylic acids is 1. The molecule has 4 nitrogen and oxygen atoms in total. The lowest BCUT2D eigenvalue weighted by Crippen LogP contribution is -2.12. The molecular formula is C23H16N2O2. The highest BCUT2D eigenvalue weighted by Crippen LogP contribution is 2.37. The molecule has 0 saturated heterocycles. The van der Waals surface area contributed by atoms with Crippen molar-refractivity contribution in [2.24, 2.45) is 4.99 Å². The van der Waals surface area contributed by atoms with Gasteiger partial charge in [0.1, 0.15) is 11.5 Å². The molecule has 0 aliphatic carbocycles. The smallest absolute Gasteiger partial charge is 0.214 e. The van der Waals surface area contributed by atoms with Gasteiger partial charge in [0.2, 0.25) is 5.78 Å². The highest BCUT2D eigenvalue weighted by atomic mass is 16.5. The summed E-state index contributed by atoms with van der Waals surface area (Å²) in [6.07, 6.45) is 1.96. The Labute approximate surface area is 156 Å². The van der Waals surface area contributed by atoms with E-state index in [0.717, 1.165) is 39.0 Å². The third-order valence-corrected chi connectivity index (χ3v) is 4.97. The molecule has 130 valence electrons. The lowest BCUT2D eigenvalue weighted by molar-refractivity contribution is 0.107. The molecule has 4 heteroatoms. The van der Waals surface area contributed by atoms with Crippen molar-refractivity contribution in [3.05, 3.63) is 84.1 Å². The number of rotatable bonds is 3. The summed E-state index contributed by atoms with van der Waals surface area (Å²) in [5.74, 6) is 0.758. The molecule has 5 rings (SSSR count). The third kappa shape index (κ3) is 2.30. The zero-order valence-electron chi connectivity index (χ0n) is 14.7. The molecule has 3 aromatic carbocycles. The highest BCUT2D eigenvalue weighted by molar-refractivity contribution is 6.55. The summed E-state index contributed by atoms with van der Waals surface area (Å²) in [6, 6.07) is 21.3. The number of Topliss-reactive ketones (excluding diaryl/α,β-unsaturated/α-hetero) is 1. The number of nitrogens with zero attached hydrogens (tertiary/aromatic N) is 1. The molecule has 0 spiro atoms. The predicted molar refractivity (Wildman–Crippen MR) is 107 cm³/mol. The molecule has 1 aliphatic rings. The van der Waals surface area contributed by atoms with Gasteiger partial charge in [-0.3, -0.25) is 4.79 Å². The topological polar surface area (TPSA) is 54.4 Å². The number of ether oxygens (including phenoxy) is 1. The highest BCUT2D eigenvalue weighted by Gasteiger charge is 2.27. The minimum absolute atomic E-state index is 0.0320. The minimum Gasteiger partial charge on any atom is -0.495 e. The summed E-state index contributed by atoms with van der Waals surface area (Å²) in [7, 11) is 1.66. The third-order valence-electron chi connectivity index (χ3n) is 4.97. The van der Waals surface area contributed by atoms with E-state index in [1.54, 1.807) is 7.11 Å². The van der Waals surface area contributed by atoms with Crippen LogP contribution in [0.2, 0.25) is 0 Å². The number of aromatic amines is 1. The Morgan fingerprint density at radius 3 is 2.33 bits per heavy atom. The summed E-state index contributed by atoms with van der Waals surface area (Å²) in [4.78, 5) is 20.8. The number of benzene rings is 3. The maximum Gasteiger partial charge on any atom is 0.214 e. The van der Waals surface area contributed by atoms with Gasteiger partial charge in [0.05, 0.1) is 18.3 Å².